The van der Waals surface area contributed by atoms with E-state index in [9.17, 15) is 4.79 Å². The van der Waals surface area contributed by atoms with Crippen molar-refractivity contribution in [3.8, 4) is 0 Å². The van der Waals surface area contributed by atoms with Gasteiger partial charge >= 0.3 is 0 Å². The van der Waals surface area contributed by atoms with Crippen molar-refractivity contribution < 1.29 is 4.74 Å². The molecule has 3 rings (SSSR count). The van der Waals surface area contributed by atoms with Crippen molar-refractivity contribution in [1.82, 2.24) is 14.7 Å². The van der Waals surface area contributed by atoms with E-state index in [-0.39, 0.29) is 5.56 Å². The normalized spacial score (nSPS) is 20.5. The fourth-order valence-electron chi connectivity index (χ4n) is 2.47. The third-order valence-electron chi connectivity index (χ3n) is 3.46. The molecule has 0 saturated carbocycles. The molecule has 1 saturated heterocycles. The number of hydrogen-bond donors (Lipinski definition) is 0. The number of nitrogens with zero attached hydrogens (tertiary/aromatic N) is 3. The van der Waals surface area contributed by atoms with E-state index in [0.717, 1.165) is 56.8 Å². The summed E-state index contributed by atoms with van der Waals surface area (Å²) in [5, 5.41) is 4.47. The van der Waals surface area contributed by atoms with E-state index in [1.807, 2.05) is 0 Å². The van der Waals surface area contributed by atoms with Crippen molar-refractivity contribution in [3.05, 3.63) is 27.7 Å². The largest absolute Gasteiger partial charge is 0.379 e. The molecule has 0 N–H and O–H groups in total. The van der Waals surface area contributed by atoms with E-state index in [4.69, 9.17) is 4.74 Å². The molecule has 1 aliphatic heterocycles. The highest BCUT2D eigenvalue weighted by molar-refractivity contribution is 5.22. The third-order valence-corrected chi connectivity index (χ3v) is 3.46. The minimum Gasteiger partial charge on any atom is -0.379 e. The molecule has 0 amide bonds. The van der Waals surface area contributed by atoms with Crippen molar-refractivity contribution >= 4 is 0 Å². The smallest absolute Gasteiger partial charge is 0.268 e. The number of aryl methyl sites for hydroxylation is 2. The predicted octanol–water partition coefficient (Wildman–Crippen LogP) is 0.0217. The quantitative estimate of drug-likeness (QED) is 0.725. The van der Waals surface area contributed by atoms with Gasteiger partial charge in [-0.05, 0) is 24.8 Å². The third kappa shape index (κ3) is 2.25. The van der Waals surface area contributed by atoms with E-state index in [0.29, 0.717) is 6.67 Å². The lowest BCUT2D eigenvalue weighted by molar-refractivity contribution is 0.0203. The van der Waals surface area contributed by atoms with Crippen LogP contribution in [0.2, 0.25) is 0 Å². The highest BCUT2D eigenvalue weighted by Gasteiger charge is 2.16. The van der Waals surface area contributed by atoms with Crippen LogP contribution in [0.15, 0.2) is 10.9 Å². The Hall–Kier alpha value is -1.20. The lowest BCUT2D eigenvalue weighted by Crippen LogP contribution is -2.40. The molecule has 1 aromatic rings. The Labute approximate surface area is 100.0 Å². The Balaban J connectivity index is 1.80. The summed E-state index contributed by atoms with van der Waals surface area (Å²) >= 11 is 0. The van der Waals surface area contributed by atoms with Crippen LogP contribution < -0.4 is 5.56 Å². The molecule has 5 nitrogen and oxygen atoms in total. The summed E-state index contributed by atoms with van der Waals surface area (Å²) in [4.78, 5) is 14.1. The summed E-state index contributed by atoms with van der Waals surface area (Å²) < 4.78 is 6.88. The molecule has 0 radical (unpaired) electrons. The van der Waals surface area contributed by atoms with E-state index < -0.39 is 0 Å². The highest BCUT2D eigenvalue weighted by Crippen LogP contribution is 2.16. The van der Waals surface area contributed by atoms with Gasteiger partial charge in [0, 0.05) is 19.2 Å². The summed E-state index contributed by atoms with van der Waals surface area (Å²) in [6, 6.07) is 1.76. The van der Waals surface area contributed by atoms with Crippen LogP contribution in [0.3, 0.4) is 0 Å². The average molecular weight is 235 g/mol. The molecule has 1 fully saturated rings. The minimum absolute atomic E-state index is 0.0251. The van der Waals surface area contributed by atoms with Crippen LogP contribution in [0.1, 0.15) is 17.7 Å². The maximum atomic E-state index is 11.9. The Morgan fingerprint density at radius 1 is 1.29 bits per heavy atom. The molecular formula is C12H17N3O2. The Kier molecular flexibility index (Phi) is 2.94. The van der Waals surface area contributed by atoms with Gasteiger partial charge in [-0.3, -0.25) is 9.69 Å². The standard InChI is InChI=1S/C12H17N3O2/c16-12-8-10-2-1-3-11(10)13-15(12)9-14-4-6-17-7-5-14/h8H,1-7,9H2. The number of morpholine rings is 1. The first-order valence-electron chi connectivity index (χ1n) is 6.23. The number of fused-ring (bicyclic) bond motifs is 1. The molecule has 0 spiro atoms. The second kappa shape index (κ2) is 4.58. The first-order valence-corrected chi connectivity index (χ1v) is 6.23. The van der Waals surface area contributed by atoms with Crippen molar-refractivity contribution in [2.24, 2.45) is 0 Å². The van der Waals surface area contributed by atoms with Gasteiger partial charge in [-0.1, -0.05) is 0 Å². The second-order valence-corrected chi connectivity index (χ2v) is 4.68. The van der Waals surface area contributed by atoms with E-state index >= 15 is 0 Å². The molecule has 0 aromatic carbocycles. The Morgan fingerprint density at radius 3 is 2.94 bits per heavy atom. The molecule has 1 aliphatic carbocycles. The van der Waals surface area contributed by atoms with E-state index in [1.54, 1.807) is 10.7 Å². The SMILES string of the molecule is O=c1cc2c(nn1CN1CCOCC1)CCC2. The van der Waals surface area contributed by atoms with Gasteiger partial charge < -0.3 is 4.74 Å². The van der Waals surface area contributed by atoms with Crippen LogP contribution in [0.5, 0.6) is 0 Å². The number of rotatable bonds is 2. The van der Waals surface area contributed by atoms with Gasteiger partial charge in [0.25, 0.3) is 5.56 Å². The van der Waals surface area contributed by atoms with Crippen LogP contribution in [-0.4, -0.2) is 41.0 Å². The van der Waals surface area contributed by atoms with Crippen LogP contribution in [0.4, 0.5) is 0 Å². The van der Waals surface area contributed by atoms with Gasteiger partial charge in [0.1, 0.15) is 0 Å². The van der Waals surface area contributed by atoms with Gasteiger partial charge in [-0.15, -0.1) is 0 Å². The zero-order valence-electron chi connectivity index (χ0n) is 9.89. The average Bonchev–Trinajstić information content (AvgIpc) is 2.78. The summed E-state index contributed by atoms with van der Waals surface area (Å²) in [6.07, 6.45) is 3.15. The number of aromatic nitrogens is 2. The van der Waals surface area contributed by atoms with Gasteiger partial charge in [0.15, 0.2) is 0 Å². The van der Waals surface area contributed by atoms with Crippen LogP contribution in [0.25, 0.3) is 0 Å². The molecule has 0 bridgehead atoms. The number of ether oxygens (including phenoxy) is 1. The molecule has 0 unspecified atom stereocenters. The maximum absolute atomic E-state index is 11.9. The monoisotopic (exact) mass is 235 g/mol. The Morgan fingerprint density at radius 2 is 2.12 bits per heavy atom. The van der Waals surface area contributed by atoms with Gasteiger partial charge in [-0.25, -0.2) is 4.68 Å². The van der Waals surface area contributed by atoms with Crippen molar-refractivity contribution in [3.63, 3.8) is 0 Å². The summed E-state index contributed by atoms with van der Waals surface area (Å²) in [5.74, 6) is 0. The second-order valence-electron chi connectivity index (χ2n) is 4.68. The fourth-order valence-corrected chi connectivity index (χ4v) is 2.47. The van der Waals surface area contributed by atoms with Crippen LogP contribution in [0, 0.1) is 0 Å². The zero-order chi connectivity index (χ0) is 11.7. The lowest BCUT2D eigenvalue weighted by Gasteiger charge is -2.26. The summed E-state index contributed by atoms with van der Waals surface area (Å²) in [7, 11) is 0. The molecular weight excluding hydrogens is 218 g/mol. The minimum atomic E-state index is 0.0251. The van der Waals surface area contributed by atoms with Crippen molar-refractivity contribution in [2.75, 3.05) is 26.3 Å². The fraction of sp³-hybridized carbons (Fsp3) is 0.667. The van der Waals surface area contributed by atoms with Crippen LogP contribution in [-0.2, 0) is 24.2 Å². The maximum Gasteiger partial charge on any atom is 0.268 e. The molecule has 2 aliphatic rings. The van der Waals surface area contributed by atoms with E-state index in [2.05, 4.69) is 10.00 Å². The molecule has 2 heterocycles. The van der Waals surface area contributed by atoms with Crippen molar-refractivity contribution in [2.45, 2.75) is 25.9 Å². The molecule has 5 heteroatoms. The van der Waals surface area contributed by atoms with Gasteiger partial charge in [0.05, 0.1) is 25.6 Å². The van der Waals surface area contributed by atoms with Gasteiger partial charge in [0.2, 0.25) is 0 Å². The molecule has 0 atom stereocenters. The topological polar surface area (TPSA) is 47.4 Å². The molecule has 17 heavy (non-hydrogen) atoms. The predicted molar refractivity (Wildman–Crippen MR) is 62.9 cm³/mol. The van der Waals surface area contributed by atoms with E-state index in [1.165, 1.54) is 0 Å². The summed E-state index contributed by atoms with van der Waals surface area (Å²) in [5.41, 5.74) is 2.28. The molecule has 1 aromatic heterocycles. The highest BCUT2D eigenvalue weighted by atomic mass is 16.5. The van der Waals surface area contributed by atoms with Gasteiger partial charge in [-0.2, -0.15) is 5.10 Å². The summed E-state index contributed by atoms with van der Waals surface area (Å²) in [6.45, 7) is 3.85. The Bertz CT molecular complexity index is 463. The zero-order valence-corrected chi connectivity index (χ0v) is 9.89. The van der Waals surface area contributed by atoms with Crippen molar-refractivity contribution in [1.29, 1.82) is 0 Å². The molecule has 92 valence electrons. The van der Waals surface area contributed by atoms with Crippen LogP contribution >= 0.6 is 0 Å². The lowest BCUT2D eigenvalue weighted by atomic mass is 10.2. The number of hydrogen-bond acceptors (Lipinski definition) is 4. The first-order chi connectivity index (χ1) is 8.33. The first kappa shape index (κ1) is 10.9.